The van der Waals surface area contributed by atoms with Gasteiger partial charge in [0.05, 0.1) is 13.1 Å². The van der Waals surface area contributed by atoms with E-state index in [0.29, 0.717) is 24.8 Å². The van der Waals surface area contributed by atoms with Gasteiger partial charge in [-0.05, 0) is 50.6 Å². The lowest BCUT2D eigenvalue weighted by molar-refractivity contribution is 0.0378. The van der Waals surface area contributed by atoms with E-state index in [1.54, 1.807) is 19.1 Å². The van der Waals surface area contributed by atoms with Gasteiger partial charge < -0.3 is 20.2 Å². The van der Waals surface area contributed by atoms with Crippen molar-refractivity contribution in [2.75, 3.05) is 13.1 Å². The zero-order valence-corrected chi connectivity index (χ0v) is 17.0. The summed E-state index contributed by atoms with van der Waals surface area (Å²) in [6.45, 7) is 6.71. The minimum absolute atomic E-state index is 0. The first-order valence-electron chi connectivity index (χ1n) is 7.96. The number of nitrogens with zero attached hydrogens (tertiary/aromatic N) is 1. The molecular formula is C18H25FIN3O2. The molecule has 3 N–H and O–H groups in total. The second kappa shape index (κ2) is 9.76. The lowest BCUT2D eigenvalue weighted by Crippen LogP contribution is -2.44. The van der Waals surface area contributed by atoms with Crippen molar-refractivity contribution in [3.8, 4) is 0 Å². The summed E-state index contributed by atoms with van der Waals surface area (Å²) in [6.07, 6.45) is 0. The average Bonchev–Trinajstić information content (AvgIpc) is 2.98. The molecule has 1 unspecified atom stereocenters. The molecule has 5 nitrogen and oxygen atoms in total. The molecule has 1 aromatic heterocycles. The van der Waals surface area contributed by atoms with Gasteiger partial charge in [-0.15, -0.1) is 24.0 Å². The zero-order chi connectivity index (χ0) is 17.6. The minimum atomic E-state index is -1.16. The molecule has 138 valence electrons. The molecule has 0 radical (unpaired) electrons. The van der Waals surface area contributed by atoms with Crippen molar-refractivity contribution in [2.45, 2.75) is 32.9 Å². The van der Waals surface area contributed by atoms with Crippen LogP contribution in [0, 0.1) is 12.7 Å². The first kappa shape index (κ1) is 21.4. The van der Waals surface area contributed by atoms with Crippen molar-refractivity contribution < 1.29 is 13.9 Å². The highest BCUT2D eigenvalue weighted by Crippen LogP contribution is 2.21. The molecule has 1 aromatic carbocycles. The Morgan fingerprint density at radius 1 is 1.28 bits per heavy atom. The molecule has 0 amide bonds. The Morgan fingerprint density at radius 2 is 2.04 bits per heavy atom. The standard InChI is InChI=1S/C18H24FN3O2.HI/c1-4-20-17(21-11-14-6-5-7-15(19)10-14)22-12-18(3,23)16-9-8-13(2)24-16;/h5-10,23H,4,11-12H2,1-3H3,(H2,20,21,22);1H. The van der Waals surface area contributed by atoms with Crippen molar-refractivity contribution in [1.29, 1.82) is 0 Å². The van der Waals surface area contributed by atoms with Gasteiger partial charge in [-0.1, -0.05) is 12.1 Å². The van der Waals surface area contributed by atoms with Crippen molar-refractivity contribution in [3.05, 3.63) is 59.3 Å². The predicted octanol–water partition coefficient (Wildman–Crippen LogP) is 3.31. The number of rotatable bonds is 6. The molecular weight excluding hydrogens is 436 g/mol. The SMILES string of the molecule is CCNC(=NCc1cccc(F)c1)NCC(C)(O)c1ccc(C)o1.I. The molecule has 0 aliphatic heterocycles. The van der Waals surface area contributed by atoms with Crippen LogP contribution in [0.1, 0.15) is 30.9 Å². The predicted molar refractivity (Wildman–Crippen MR) is 108 cm³/mol. The quantitative estimate of drug-likeness (QED) is 0.351. The number of nitrogens with one attached hydrogen (secondary N) is 2. The number of hydrogen-bond donors (Lipinski definition) is 3. The molecule has 0 aliphatic carbocycles. The summed E-state index contributed by atoms with van der Waals surface area (Å²) in [5.74, 6) is 1.51. The smallest absolute Gasteiger partial charge is 0.191 e. The van der Waals surface area contributed by atoms with E-state index in [0.717, 1.165) is 11.3 Å². The molecule has 0 saturated heterocycles. The summed E-state index contributed by atoms with van der Waals surface area (Å²) >= 11 is 0. The van der Waals surface area contributed by atoms with Crippen LogP contribution in [-0.4, -0.2) is 24.2 Å². The number of aliphatic imine (C=N–C) groups is 1. The molecule has 7 heteroatoms. The number of aryl methyl sites for hydroxylation is 1. The third kappa shape index (κ3) is 6.66. The van der Waals surface area contributed by atoms with Gasteiger partial charge >= 0.3 is 0 Å². The third-order valence-electron chi connectivity index (χ3n) is 3.52. The van der Waals surface area contributed by atoms with E-state index in [2.05, 4.69) is 15.6 Å². The fourth-order valence-electron chi connectivity index (χ4n) is 2.21. The number of guanidine groups is 1. The van der Waals surface area contributed by atoms with Crippen molar-refractivity contribution >= 4 is 29.9 Å². The van der Waals surface area contributed by atoms with E-state index >= 15 is 0 Å². The Morgan fingerprint density at radius 3 is 2.64 bits per heavy atom. The normalized spacial score (nSPS) is 13.7. The summed E-state index contributed by atoms with van der Waals surface area (Å²) < 4.78 is 18.7. The Kier molecular flexibility index (Phi) is 8.37. The van der Waals surface area contributed by atoms with E-state index in [1.165, 1.54) is 12.1 Å². The molecule has 0 aliphatic rings. The summed E-state index contributed by atoms with van der Waals surface area (Å²) in [6, 6.07) is 9.90. The molecule has 0 spiro atoms. The summed E-state index contributed by atoms with van der Waals surface area (Å²) in [7, 11) is 0. The van der Waals surface area contributed by atoms with Crippen LogP contribution in [0.4, 0.5) is 4.39 Å². The first-order valence-corrected chi connectivity index (χ1v) is 7.96. The minimum Gasteiger partial charge on any atom is -0.463 e. The lowest BCUT2D eigenvalue weighted by Gasteiger charge is -2.22. The molecule has 1 atom stereocenters. The first-order chi connectivity index (χ1) is 11.4. The Hall–Kier alpha value is -1.61. The second-order valence-electron chi connectivity index (χ2n) is 5.86. The van der Waals surface area contributed by atoms with Crippen LogP contribution in [0.15, 0.2) is 45.8 Å². The van der Waals surface area contributed by atoms with Crippen LogP contribution in [0.2, 0.25) is 0 Å². The van der Waals surface area contributed by atoms with Crippen LogP contribution in [0.5, 0.6) is 0 Å². The fourth-order valence-corrected chi connectivity index (χ4v) is 2.21. The maximum Gasteiger partial charge on any atom is 0.191 e. The maximum absolute atomic E-state index is 13.2. The number of furan rings is 1. The zero-order valence-electron chi connectivity index (χ0n) is 14.7. The van der Waals surface area contributed by atoms with E-state index in [4.69, 9.17) is 4.42 Å². The van der Waals surface area contributed by atoms with Gasteiger partial charge in [0.15, 0.2) is 5.96 Å². The second-order valence-corrected chi connectivity index (χ2v) is 5.86. The Labute approximate surface area is 164 Å². The van der Waals surface area contributed by atoms with Crippen molar-refractivity contribution in [1.82, 2.24) is 10.6 Å². The Balaban J connectivity index is 0.00000312. The van der Waals surface area contributed by atoms with Crippen molar-refractivity contribution in [2.24, 2.45) is 4.99 Å². The number of benzene rings is 1. The van der Waals surface area contributed by atoms with E-state index in [-0.39, 0.29) is 36.3 Å². The summed E-state index contributed by atoms with van der Waals surface area (Å²) in [5, 5.41) is 16.7. The molecule has 2 rings (SSSR count). The average molecular weight is 461 g/mol. The third-order valence-corrected chi connectivity index (χ3v) is 3.52. The van der Waals surface area contributed by atoms with Crippen molar-refractivity contribution in [3.63, 3.8) is 0 Å². The highest BCUT2D eigenvalue weighted by atomic mass is 127. The summed E-state index contributed by atoms with van der Waals surface area (Å²) in [5.41, 5.74) is -0.385. The largest absolute Gasteiger partial charge is 0.463 e. The lowest BCUT2D eigenvalue weighted by atomic mass is 10.0. The van der Waals surface area contributed by atoms with E-state index < -0.39 is 5.60 Å². The van der Waals surface area contributed by atoms with Gasteiger partial charge in [-0.2, -0.15) is 0 Å². The van der Waals surface area contributed by atoms with Crippen LogP contribution >= 0.6 is 24.0 Å². The molecule has 25 heavy (non-hydrogen) atoms. The number of hydrogen-bond acceptors (Lipinski definition) is 3. The molecule has 0 saturated carbocycles. The van der Waals surface area contributed by atoms with Gasteiger partial charge in [0.25, 0.3) is 0 Å². The van der Waals surface area contributed by atoms with Gasteiger partial charge in [-0.3, -0.25) is 0 Å². The molecule has 2 aromatic rings. The van der Waals surface area contributed by atoms with Crippen LogP contribution in [0.25, 0.3) is 0 Å². The van der Waals surface area contributed by atoms with Gasteiger partial charge in [-0.25, -0.2) is 9.38 Å². The number of aliphatic hydroxyl groups is 1. The van der Waals surface area contributed by atoms with Crippen LogP contribution < -0.4 is 10.6 Å². The molecule has 0 bridgehead atoms. The Bertz CT molecular complexity index is 701. The highest BCUT2D eigenvalue weighted by molar-refractivity contribution is 14.0. The van der Waals surface area contributed by atoms with Gasteiger partial charge in [0, 0.05) is 6.54 Å². The number of halogens is 2. The molecule has 1 heterocycles. The topological polar surface area (TPSA) is 69.8 Å². The fraction of sp³-hybridized carbons (Fsp3) is 0.389. The van der Waals surface area contributed by atoms with Gasteiger partial charge in [0.1, 0.15) is 22.9 Å². The van der Waals surface area contributed by atoms with Crippen LogP contribution in [0.3, 0.4) is 0 Å². The van der Waals surface area contributed by atoms with Crippen LogP contribution in [-0.2, 0) is 12.1 Å². The summed E-state index contributed by atoms with van der Waals surface area (Å²) in [4.78, 5) is 4.41. The molecule has 0 fully saturated rings. The maximum atomic E-state index is 13.2. The van der Waals surface area contributed by atoms with E-state index in [1.807, 2.05) is 26.0 Å². The van der Waals surface area contributed by atoms with Gasteiger partial charge in [0.2, 0.25) is 0 Å². The highest BCUT2D eigenvalue weighted by Gasteiger charge is 2.27. The monoisotopic (exact) mass is 461 g/mol. The van der Waals surface area contributed by atoms with E-state index in [9.17, 15) is 9.50 Å².